The van der Waals surface area contributed by atoms with Gasteiger partial charge in [-0.15, -0.1) is 0 Å². The van der Waals surface area contributed by atoms with Crippen LogP contribution in [0.15, 0.2) is 54.7 Å². The maximum Gasteiger partial charge on any atom is 0.274 e. The van der Waals surface area contributed by atoms with Crippen LogP contribution >= 0.6 is 0 Å². The van der Waals surface area contributed by atoms with Gasteiger partial charge >= 0.3 is 0 Å². The third-order valence-electron chi connectivity index (χ3n) is 4.46. The van der Waals surface area contributed by atoms with Crippen LogP contribution in [0.2, 0.25) is 0 Å². The maximum absolute atomic E-state index is 13.9. The van der Waals surface area contributed by atoms with Gasteiger partial charge in [-0.25, -0.2) is 4.39 Å². The van der Waals surface area contributed by atoms with Crippen LogP contribution in [0.25, 0.3) is 0 Å². The lowest BCUT2D eigenvalue weighted by atomic mass is 10.1. The molecule has 4 N–H and O–H groups in total. The number of aromatic nitrogens is 1. The van der Waals surface area contributed by atoms with E-state index in [9.17, 15) is 18.8 Å². The number of halogens is 1. The number of benzene rings is 2. The summed E-state index contributed by atoms with van der Waals surface area (Å²) in [7, 11) is 2.68. The number of carbonyl (C=O) groups excluding carboxylic acids is 3. The van der Waals surface area contributed by atoms with Gasteiger partial charge in [0, 0.05) is 11.8 Å². The molecule has 0 aliphatic rings. The van der Waals surface area contributed by atoms with E-state index in [0.717, 1.165) is 12.1 Å². The largest absolute Gasteiger partial charge is 0.493 e. The van der Waals surface area contributed by atoms with Gasteiger partial charge in [0.2, 0.25) is 5.75 Å². The van der Waals surface area contributed by atoms with Crippen molar-refractivity contribution in [1.29, 1.82) is 0 Å². The summed E-state index contributed by atoms with van der Waals surface area (Å²) in [5.41, 5.74) is 5.50. The maximum atomic E-state index is 13.9. The van der Waals surface area contributed by atoms with E-state index in [4.69, 9.17) is 19.9 Å². The van der Waals surface area contributed by atoms with Crippen LogP contribution in [0.4, 0.5) is 15.8 Å². The van der Waals surface area contributed by atoms with Crippen molar-refractivity contribution in [3.8, 4) is 17.2 Å². The lowest BCUT2D eigenvalue weighted by Gasteiger charge is -2.16. The fraction of sp³-hybridized carbons (Fsp3) is 0.130. The highest BCUT2D eigenvalue weighted by Gasteiger charge is 2.20. The van der Waals surface area contributed by atoms with E-state index in [-0.39, 0.29) is 39.9 Å². The van der Waals surface area contributed by atoms with Crippen molar-refractivity contribution >= 4 is 29.1 Å². The number of pyridine rings is 1. The first-order valence-electron chi connectivity index (χ1n) is 9.82. The van der Waals surface area contributed by atoms with Crippen molar-refractivity contribution in [2.24, 2.45) is 5.73 Å². The second-order valence-corrected chi connectivity index (χ2v) is 6.78. The number of hydrogen-bond donors (Lipinski definition) is 3. The molecule has 10 nitrogen and oxygen atoms in total. The van der Waals surface area contributed by atoms with Gasteiger partial charge in [0.05, 0.1) is 25.6 Å². The molecule has 3 rings (SSSR count). The van der Waals surface area contributed by atoms with Crippen molar-refractivity contribution in [3.05, 3.63) is 71.8 Å². The molecule has 0 atom stereocenters. The van der Waals surface area contributed by atoms with E-state index in [2.05, 4.69) is 15.6 Å². The number of carbonyl (C=O) groups is 3. The Kier molecular flexibility index (Phi) is 7.60. The molecule has 0 unspecified atom stereocenters. The highest BCUT2D eigenvalue weighted by molar-refractivity contribution is 6.09. The molecule has 11 heteroatoms. The quantitative estimate of drug-likeness (QED) is 0.438. The Balaban J connectivity index is 1.88. The second kappa shape index (κ2) is 10.8. The van der Waals surface area contributed by atoms with Gasteiger partial charge in [0.15, 0.2) is 18.1 Å². The molecule has 0 aliphatic carbocycles. The first-order valence-corrected chi connectivity index (χ1v) is 9.82. The summed E-state index contributed by atoms with van der Waals surface area (Å²) in [5.74, 6) is -2.25. The third kappa shape index (κ3) is 5.76. The second-order valence-electron chi connectivity index (χ2n) is 6.78. The van der Waals surface area contributed by atoms with Crippen LogP contribution in [0.3, 0.4) is 0 Å². The number of nitrogens with two attached hydrogens (primary N) is 1. The molecule has 0 saturated heterocycles. The average molecular weight is 468 g/mol. The number of anilines is 2. The molecular formula is C23H21FN4O6. The van der Waals surface area contributed by atoms with Gasteiger partial charge in [-0.2, -0.15) is 0 Å². The van der Waals surface area contributed by atoms with Crippen LogP contribution in [-0.4, -0.2) is 43.5 Å². The van der Waals surface area contributed by atoms with E-state index in [1.165, 1.54) is 44.7 Å². The minimum absolute atomic E-state index is 0.0151. The molecule has 2 aromatic carbocycles. The minimum Gasteiger partial charge on any atom is -0.493 e. The predicted octanol–water partition coefficient (Wildman–Crippen LogP) is 2.61. The third-order valence-corrected chi connectivity index (χ3v) is 4.46. The molecule has 3 amide bonds. The predicted molar refractivity (Wildman–Crippen MR) is 121 cm³/mol. The van der Waals surface area contributed by atoms with Crippen LogP contribution in [0.5, 0.6) is 17.2 Å². The standard InChI is InChI=1S/C23H21FN4O6/c1-32-18-9-13(10-19(33-2)21(18)34-12-20(25)29)22(30)28-17-11-14(24)6-7-15(17)27-23(31)16-5-3-4-8-26-16/h3-11H,12H2,1-2H3,(H2,25,29)(H,27,31)(H,28,30). The van der Waals surface area contributed by atoms with Crippen LogP contribution in [-0.2, 0) is 4.79 Å². The average Bonchev–Trinajstić information content (AvgIpc) is 2.84. The normalized spacial score (nSPS) is 10.2. The summed E-state index contributed by atoms with van der Waals surface area (Å²) in [5, 5.41) is 5.15. The molecule has 0 saturated carbocycles. The number of nitrogens with one attached hydrogen (secondary N) is 2. The first-order chi connectivity index (χ1) is 16.3. The van der Waals surface area contributed by atoms with E-state index in [1.807, 2.05) is 0 Å². The Morgan fingerprint density at radius 1 is 0.941 bits per heavy atom. The Labute approximate surface area is 193 Å². The molecule has 0 aliphatic heterocycles. The van der Waals surface area contributed by atoms with E-state index >= 15 is 0 Å². The van der Waals surface area contributed by atoms with Crippen LogP contribution < -0.4 is 30.6 Å². The summed E-state index contributed by atoms with van der Waals surface area (Å²) in [6.45, 7) is -0.430. The van der Waals surface area contributed by atoms with Crippen LogP contribution in [0.1, 0.15) is 20.8 Å². The molecule has 176 valence electrons. The zero-order chi connectivity index (χ0) is 24.7. The topological polar surface area (TPSA) is 142 Å². The molecule has 3 aromatic rings. The van der Waals surface area contributed by atoms with Gasteiger partial charge in [0.1, 0.15) is 11.5 Å². The smallest absolute Gasteiger partial charge is 0.274 e. The lowest BCUT2D eigenvalue weighted by Crippen LogP contribution is -2.21. The molecule has 0 bridgehead atoms. The number of primary amides is 1. The molecule has 1 heterocycles. The number of amides is 3. The Bertz CT molecular complexity index is 1190. The number of ether oxygens (including phenoxy) is 3. The van der Waals surface area contributed by atoms with E-state index in [0.29, 0.717) is 0 Å². The monoisotopic (exact) mass is 468 g/mol. The van der Waals surface area contributed by atoms with Gasteiger partial charge in [-0.05, 0) is 42.5 Å². The number of hydrogen-bond acceptors (Lipinski definition) is 7. The zero-order valence-electron chi connectivity index (χ0n) is 18.3. The SMILES string of the molecule is COc1cc(C(=O)Nc2cc(F)ccc2NC(=O)c2ccccn2)cc(OC)c1OCC(N)=O. The summed E-state index contributed by atoms with van der Waals surface area (Å²) >= 11 is 0. The molecule has 0 radical (unpaired) electrons. The summed E-state index contributed by atoms with van der Waals surface area (Å²) in [4.78, 5) is 40.4. The van der Waals surface area contributed by atoms with Gasteiger partial charge in [-0.1, -0.05) is 6.07 Å². The molecule has 0 fully saturated rings. The minimum atomic E-state index is -0.711. The van der Waals surface area contributed by atoms with Gasteiger partial charge in [0.25, 0.3) is 17.7 Å². The highest BCUT2D eigenvalue weighted by atomic mass is 19.1. The van der Waals surface area contributed by atoms with E-state index < -0.39 is 30.1 Å². The number of rotatable bonds is 9. The fourth-order valence-corrected chi connectivity index (χ4v) is 2.90. The van der Waals surface area contributed by atoms with Gasteiger partial charge < -0.3 is 30.6 Å². The van der Waals surface area contributed by atoms with E-state index in [1.54, 1.807) is 12.1 Å². The van der Waals surface area contributed by atoms with Crippen molar-refractivity contribution in [3.63, 3.8) is 0 Å². The Morgan fingerprint density at radius 2 is 1.62 bits per heavy atom. The van der Waals surface area contributed by atoms with Crippen LogP contribution in [0, 0.1) is 5.82 Å². The fourth-order valence-electron chi connectivity index (χ4n) is 2.90. The lowest BCUT2D eigenvalue weighted by molar-refractivity contribution is -0.120. The molecule has 0 spiro atoms. The Hall–Kier alpha value is -4.67. The zero-order valence-corrected chi connectivity index (χ0v) is 18.3. The van der Waals surface area contributed by atoms with Crippen molar-refractivity contribution < 1.29 is 33.0 Å². The first kappa shape index (κ1) is 24.0. The molecule has 1 aromatic heterocycles. The Morgan fingerprint density at radius 3 is 2.21 bits per heavy atom. The number of nitrogens with zero attached hydrogens (tertiary/aromatic N) is 1. The highest BCUT2D eigenvalue weighted by Crippen LogP contribution is 2.39. The molecular weight excluding hydrogens is 447 g/mol. The van der Waals surface area contributed by atoms with Crippen molar-refractivity contribution in [1.82, 2.24) is 4.98 Å². The summed E-state index contributed by atoms with van der Waals surface area (Å²) in [6.07, 6.45) is 1.46. The molecule has 34 heavy (non-hydrogen) atoms. The van der Waals surface area contributed by atoms with Gasteiger partial charge in [-0.3, -0.25) is 19.4 Å². The van der Waals surface area contributed by atoms with Crippen molar-refractivity contribution in [2.75, 3.05) is 31.5 Å². The summed E-state index contributed by atoms with van der Waals surface area (Å²) < 4.78 is 29.7. The summed E-state index contributed by atoms with van der Waals surface area (Å²) in [6, 6.07) is 11.0. The van der Waals surface area contributed by atoms with Crippen molar-refractivity contribution in [2.45, 2.75) is 0 Å². The number of methoxy groups -OCH3 is 2.